The summed E-state index contributed by atoms with van der Waals surface area (Å²) in [6.07, 6.45) is 0. The zero-order valence-corrected chi connectivity index (χ0v) is 10.1. The number of nitrogens with zero attached hydrogens (tertiary/aromatic N) is 3. The molecule has 0 fully saturated rings. The molecule has 1 aromatic heterocycles. The SMILES string of the molecule is COc1cc(N(C)C(C)(C)CO)nc(N)n1. The highest BCUT2D eigenvalue weighted by Crippen LogP contribution is 2.23. The minimum Gasteiger partial charge on any atom is -0.481 e. The number of aromatic nitrogens is 2. The predicted molar refractivity (Wildman–Crippen MR) is 62.6 cm³/mol. The first kappa shape index (κ1) is 12.5. The van der Waals surface area contributed by atoms with Crippen molar-refractivity contribution in [3.63, 3.8) is 0 Å². The Morgan fingerprint density at radius 3 is 2.62 bits per heavy atom. The van der Waals surface area contributed by atoms with Crippen molar-refractivity contribution in [1.82, 2.24) is 9.97 Å². The van der Waals surface area contributed by atoms with Gasteiger partial charge in [0.2, 0.25) is 11.8 Å². The first-order valence-electron chi connectivity index (χ1n) is 4.94. The van der Waals surface area contributed by atoms with Crippen molar-refractivity contribution in [3.05, 3.63) is 6.07 Å². The van der Waals surface area contributed by atoms with Crippen LogP contribution >= 0.6 is 0 Å². The van der Waals surface area contributed by atoms with Crippen LogP contribution in [-0.2, 0) is 0 Å². The molecule has 90 valence electrons. The molecule has 6 nitrogen and oxygen atoms in total. The second kappa shape index (κ2) is 4.52. The number of ether oxygens (including phenoxy) is 1. The maximum absolute atomic E-state index is 9.27. The van der Waals surface area contributed by atoms with Crippen LogP contribution in [0.25, 0.3) is 0 Å². The minimum absolute atomic E-state index is 0.00965. The lowest BCUT2D eigenvalue weighted by molar-refractivity contribution is 0.215. The minimum atomic E-state index is -0.425. The van der Waals surface area contributed by atoms with E-state index in [-0.39, 0.29) is 12.6 Å². The van der Waals surface area contributed by atoms with Gasteiger partial charge in [0.1, 0.15) is 5.82 Å². The maximum atomic E-state index is 9.27. The third-order valence-corrected chi connectivity index (χ3v) is 2.55. The Morgan fingerprint density at radius 2 is 2.12 bits per heavy atom. The summed E-state index contributed by atoms with van der Waals surface area (Å²) < 4.78 is 5.01. The Bertz CT molecular complexity index is 368. The molecule has 0 unspecified atom stereocenters. The summed E-state index contributed by atoms with van der Waals surface area (Å²) in [6.45, 7) is 3.81. The van der Waals surface area contributed by atoms with Crippen LogP contribution in [0.1, 0.15) is 13.8 Å². The first-order valence-corrected chi connectivity index (χ1v) is 4.94. The van der Waals surface area contributed by atoms with Crippen LogP contribution in [0.2, 0.25) is 0 Å². The van der Waals surface area contributed by atoms with Gasteiger partial charge in [-0.25, -0.2) is 0 Å². The fourth-order valence-electron chi connectivity index (χ4n) is 1.12. The van der Waals surface area contributed by atoms with Gasteiger partial charge < -0.3 is 20.5 Å². The van der Waals surface area contributed by atoms with E-state index in [9.17, 15) is 5.11 Å². The number of hydrogen-bond acceptors (Lipinski definition) is 6. The molecule has 1 heterocycles. The van der Waals surface area contributed by atoms with Crippen LogP contribution < -0.4 is 15.4 Å². The van der Waals surface area contributed by atoms with Gasteiger partial charge in [-0.05, 0) is 13.8 Å². The summed E-state index contributed by atoms with van der Waals surface area (Å²) in [5, 5.41) is 9.27. The lowest BCUT2D eigenvalue weighted by atomic mass is 10.1. The van der Waals surface area contributed by atoms with Gasteiger partial charge in [0.05, 0.1) is 19.3 Å². The van der Waals surface area contributed by atoms with Gasteiger partial charge in [0.15, 0.2) is 0 Å². The number of hydrogen-bond donors (Lipinski definition) is 2. The molecule has 3 N–H and O–H groups in total. The monoisotopic (exact) mass is 226 g/mol. The highest BCUT2D eigenvalue weighted by Gasteiger charge is 2.24. The molecule has 1 aromatic rings. The van der Waals surface area contributed by atoms with Crippen molar-refractivity contribution in [2.24, 2.45) is 0 Å². The Hall–Kier alpha value is -1.56. The molecule has 0 bridgehead atoms. The molecule has 6 heteroatoms. The van der Waals surface area contributed by atoms with Gasteiger partial charge >= 0.3 is 0 Å². The topological polar surface area (TPSA) is 84.5 Å². The number of rotatable bonds is 4. The van der Waals surface area contributed by atoms with E-state index in [1.165, 1.54) is 7.11 Å². The summed E-state index contributed by atoms with van der Waals surface area (Å²) in [5.74, 6) is 1.17. The molecule has 0 amide bonds. The molecular formula is C10H18N4O2. The predicted octanol–water partition coefficient (Wildman–Crippen LogP) is 0.274. The standard InChI is InChI=1S/C10H18N4O2/c1-10(2,6-15)14(3)7-5-8(16-4)13-9(11)12-7/h5,15H,6H2,1-4H3,(H2,11,12,13). The highest BCUT2D eigenvalue weighted by atomic mass is 16.5. The number of aliphatic hydroxyl groups is 1. The number of nitrogen functional groups attached to an aromatic ring is 1. The molecule has 1 rings (SSSR count). The van der Waals surface area contributed by atoms with Crippen LogP contribution in [0.3, 0.4) is 0 Å². The van der Waals surface area contributed by atoms with Gasteiger partial charge in [0.25, 0.3) is 0 Å². The quantitative estimate of drug-likeness (QED) is 0.767. The van der Waals surface area contributed by atoms with Gasteiger partial charge in [-0.15, -0.1) is 0 Å². The zero-order valence-electron chi connectivity index (χ0n) is 10.1. The highest BCUT2D eigenvalue weighted by molar-refractivity contribution is 5.46. The van der Waals surface area contributed by atoms with Crippen LogP contribution in [0, 0.1) is 0 Å². The first-order chi connectivity index (χ1) is 7.40. The van der Waals surface area contributed by atoms with E-state index >= 15 is 0 Å². The normalized spacial score (nSPS) is 11.3. The van der Waals surface area contributed by atoms with Crippen LogP contribution in [0.15, 0.2) is 6.07 Å². The molecular weight excluding hydrogens is 208 g/mol. The zero-order chi connectivity index (χ0) is 12.3. The van der Waals surface area contributed by atoms with E-state index in [1.807, 2.05) is 25.8 Å². The fourth-order valence-corrected chi connectivity index (χ4v) is 1.12. The summed E-state index contributed by atoms with van der Waals surface area (Å²) >= 11 is 0. The van der Waals surface area contributed by atoms with E-state index < -0.39 is 5.54 Å². The Morgan fingerprint density at radius 1 is 1.50 bits per heavy atom. The second-order valence-corrected chi connectivity index (χ2v) is 4.16. The second-order valence-electron chi connectivity index (χ2n) is 4.16. The van der Waals surface area contributed by atoms with Crippen molar-refractivity contribution in [2.75, 3.05) is 31.4 Å². The van der Waals surface area contributed by atoms with Crippen LogP contribution in [0.4, 0.5) is 11.8 Å². The molecule has 0 aliphatic rings. The Balaban J connectivity index is 3.08. The average Bonchev–Trinajstić information content (AvgIpc) is 2.27. The van der Waals surface area contributed by atoms with E-state index in [4.69, 9.17) is 10.5 Å². The maximum Gasteiger partial charge on any atom is 0.225 e. The number of likely N-dealkylation sites (N-methyl/N-ethyl adjacent to an activating group) is 1. The molecule has 0 aliphatic carbocycles. The van der Waals surface area contributed by atoms with Crippen molar-refractivity contribution < 1.29 is 9.84 Å². The lowest BCUT2D eigenvalue weighted by Crippen LogP contribution is -2.44. The summed E-state index contributed by atoms with van der Waals surface area (Å²) in [6, 6.07) is 1.67. The van der Waals surface area contributed by atoms with Crippen molar-refractivity contribution >= 4 is 11.8 Å². The van der Waals surface area contributed by atoms with Crippen molar-refractivity contribution in [1.29, 1.82) is 0 Å². The molecule has 0 aliphatic heterocycles. The van der Waals surface area contributed by atoms with E-state index in [1.54, 1.807) is 6.07 Å². The molecule has 0 radical (unpaired) electrons. The summed E-state index contributed by atoms with van der Waals surface area (Å²) in [5.41, 5.74) is 5.14. The molecule has 0 aromatic carbocycles. The van der Waals surface area contributed by atoms with Crippen LogP contribution in [-0.4, -0.2) is 41.4 Å². The van der Waals surface area contributed by atoms with Gasteiger partial charge in [-0.3, -0.25) is 0 Å². The lowest BCUT2D eigenvalue weighted by Gasteiger charge is -2.34. The van der Waals surface area contributed by atoms with Crippen molar-refractivity contribution in [2.45, 2.75) is 19.4 Å². The summed E-state index contributed by atoms with van der Waals surface area (Å²) in [4.78, 5) is 9.82. The van der Waals surface area contributed by atoms with Gasteiger partial charge in [-0.1, -0.05) is 0 Å². The van der Waals surface area contributed by atoms with Gasteiger partial charge in [0, 0.05) is 13.1 Å². The molecule has 16 heavy (non-hydrogen) atoms. The number of methoxy groups -OCH3 is 1. The number of anilines is 2. The molecule has 0 saturated heterocycles. The molecule has 0 saturated carbocycles. The van der Waals surface area contributed by atoms with Crippen LogP contribution in [0.5, 0.6) is 5.88 Å². The third kappa shape index (κ3) is 2.52. The average molecular weight is 226 g/mol. The number of nitrogens with two attached hydrogens (primary N) is 1. The smallest absolute Gasteiger partial charge is 0.225 e. The largest absolute Gasteiger partial charge is 0.481 e. The Labute approximate surface area is 95.1 Å². The van der Waals surface area contributed by atoms with E-state index in [0.29, 0.717) is 11.7 Å². The Kier molecular flexibility index (Phi) is 3.54. The fraction of sp³-hybridized carbons (Fsp3) is 0.600. The van der Waals surface area contributed by atoms with Gasteiger partial charge in [-0.2, -0.15) is 9.97 Å². The third-order valence-electron chi connectivity index (χ3n) is 2.55. The van der Waals surface area contributed by atoms with Crippen molar-refractivity contribution in [3.8, 4) is 5.88 Å². The van der Waals surface area contributed by atoms with E-state index in [2.05, 4.69) is 9.97 Å². The number of aliphatic hydroxyl groups excluding tert-OH is 1. The van der Waals surface area contributed by atoms with E-state index in [0.717, 1.165) is 0 Å². The molecule has 0 atom stereocenters. The molecule has 0 spiro atoms. The summed E-state index contributed by atoms with van der Waals surface area (Å²) in [7, 11) is 3.35.